The van der Waals surface area contributed by atoms with Gasteiger partial charge in [0.25, 0.3) is 0 Å². The molecule has 2 nitrogen and oxygen atoms in total. The summed E-state index contributed by atoms with van der Waals surface area (Å²) in [6.45, 7) is 2.41. The largest absolute Gasteiger partial charge is 0.325 e. The number of halogens is 2. The summed E-state index contributed by atoms with van der Waals surface area (Å²) in [5.74, 6) is 0. The second-order valence-corrected chi connectivity index (χ2v) is 4.18. The van der Waals surface area contributed by atoms with Crippen LogP contribution in [0.5, 0.6) is 0 Å². The Morgan fingerprint density at radius 1 is 1.33 bits per heavy atom. The normalized spacial score (nSPS) is 10.9. The number of aromatic nitrogens is 1. The lowest BCUT2D eigenvalue weighted by Crippen LogP contribution is -2.00. The predicted octanol–water partition coefficient (Wildman–Crippen LogP) is 3.31. The van der Waals surface area contributed by atoms with Crippen molar-refractivity contribution in [3.05, 3.63) is 39.5 Å². The first-order chi connectivity index (χ1) is 7.13. The van der Waals surface area contributed by atoms with Gasteiger partial charge in [-0.25, -0.2) is 4.98 Å². The van der Waals surface area contributed by atoms with Crippen molar-refractivity contribution >= 4 is 34.1 Å². The van der Waals surface area contributed by atoms with Gasteiger partial charge in [0.2, 0.25) is 0 Å². The van der Waals surface area contributed by atoms with E-state index in [1.54, 1.807) is 6.07 Å². The van der Waals surface area contributed by atoms with Gasteiger partial charge in [0.15, 0.2) is 0 Å². The zero-order valence-corrected chi connectivity index (χ0v) is 9.73. The lowest BCUT2D eigenvalue weighted by Gasteiger charge is -2.07. The summed E-state index contributed by atoms with van der Waals surface area (Å²) in [6.07, 6.45) is 0. The van der Waals surface area contributed by atoms with Gasteiger partial charge in [-0.1, -0.05) is 29.3 Å². The molecular weight excluding hydrogens is 231 g/mol. The summed E-state index contributed by atoms with van der Waals surface area (Å²) < 4.78 is 0. The molecule has 0 aliphatic heterocycles. The molecule has 0 atom stereocenters. The van der Waals surface area contributed by atoms with Crippen molar-refractivity contribution in [1.82, 2.24) is 4.98 Å². The molecule has 1 aromatic carbocycles. The summed E-state index contributed by atoms with van der Waals surface area (Å²) in [7, 11) is 0. The average molecular weight is 241 g/mol. The monoisotopic (exact) mass is 240 g/mol. The van der Waals surface area contributed by atoms with E-state index in [1.165, 1.54) is 0 Å². The number of nitrogens with zero attached hydrogens (tertiary/aromatic N) is 1. The van der Waals surface area contributed by atoms with Crippen molar-refractivity contribution in [1.29, 1.82) is 0 Å². The zero-order chi connectivity index (χ0) is 11.0. The molecule has 1 aromatic heterocycles. The van der Waals surface area contributed by atoms with E-state index in [4.69, 9.17) is 28.9 Å². The van der Waals surface area contributed by atoms with Crippen LogP contribution in [0.1, 0.15) is 11.3 Å². The lowest BCUT2D eigenvalue weighted by molar-refractivity contribution is 1.00. The lowest BCUT2D eigenvalue weighted by atomic mass is 10.1. The van der Waals surface area contributed by atoms with E-state index in [9.17, 15) is 0 Å². The quantitative estimate of drug-likeness (QED) is 0.831. The van der Waals surface area contributed by atoms with Crippen LogP contribution in [0, 0.1) is 6.92 Å². The zero-order valence-electron chi connectivity index (χ0n) is 8.22. The van der Waals surface area contributed by atoms with E-state index in [-0.39, 0.29) is 0 Å². The Balaban J connectivity index is 2.86. The average Bonchev–Trinajstić information content (AvgIpc) is 2.23. The molecular formula is C11H10Cl2N2. The minimum atomic E-state index is 0.402. The summed E-state index contributed by atoms with van der Waals surface area (Å²) in [5, 5.41) is 2.03. The van der Waals surface area contributed by atoms with Crippen LogP contribution >= 0.6 is 23.2 Å². The molecule has 0 fully saturated rings. The number of hydrogen-bond donors (Lipinski definition) is 1. The molecule has 0 bridgehead atoms. The van der Waals surface area contributed by atoms with Crippen LogP contribution in [0.25, 0.3) is 10.9 Å². The Kier molecular flexibility index (Phi) is 2.83. The topological polar surface area (TPSA) is 38.9 Å². The van der Waals surface area contributed by atoms with Gasteiger partial charge >= 0.3 is 0 Å². The predicted molar refractivity (Wildman–Crippen MR) is 64.4 cm³/mol. The van der Waals surface area contributed by atoms with Crippen molar-refractivity contribution in [2.45, 2.75) is 13.5 Å². The number of aryl methyl sites for hydroxylation is 1. The molecule has 0 saturated carbocycles. The highest BCUT2D eigenvalue weighted by Gasteiger charge is 2.08. The third kappa shape index (κ3) is 1.81. The molecule has 15 heavy (non-hydrogen) atoms. The summed E-state index contributed by atoms with van der Waals surface area (Å²) in [5.41, 5.74) is 8.22. The molecule has 0 aliphatic carbocycles. The van der Waals surface area contributed by atoms with Gasteiger partial charge in [-0.2, -0.15) is 0 Å². The Bertz CT molecular complexity index is 523. The van der Waals surface area contributed by atoms with Gasteiger partial charge < -0.3 is 5.73 Å². The SMILES string of the molecule is Cc1cc(CN)nc2c(Cl)c(Cl)ccc12. The molecule has 1 heterocycles. The van der Waals surface area contributed by atoms with Gasteiger partial charge in [-0.15, -0.1) is 0 Å². The van der Waals surface area contributed by atoms with E-state index in [0.29, 0.717) is 16.6 Å². The summed E-state index contributed by atoms with van der Waals surface area (Å²) in [4.78, 5) is 4.37. The molecule has 0 unspecified atom stereocenters. The molecule has 2 aromatic rings. The van der Waals surface area contributed by atoms with Gasteiger partial charge in [-0.3, -0.25) is 0 Å². The Morgan fingerprint density at radius 2 is 2.07 bits per heavy atom. The van der Waals surface area contributed by atoms with Gasteiger partial charge in [0.1, 0.15) is 0 Å². The van der Waals surface area contributed by atoms with Crippen molar-refractivity contribution in [2.75, 3.05) is 0 Å². The maximum Gasteiger partial charge on any atom is 0.0909 e. The van der Waals surface area contributed by atoms with Crippen LogP contribution in [0.2, 0.25) is 10.0 Å². The Labute approximate surface area is 98.0 Å². The third-order valence-electron chi connectivity index (χ3n) is 2.34. The molecule has 2 N–H and O–H groups in total. The molecule has 0 aliphatic rings. The van der Waals surface area contributed by atoms with E-state index in [0.717, 1.165) is 22.2 Å². The van der Waals surface area contributed by atoms with Crippen molar-refractivity contribution < 1.29 is 0 Å². The van der Waals surface area contributed by atoms with Crippen LogP contribution in [-0.2, 0) is 6.54 Å². The minimum absolute atomic E-state index is 0.402. The van der Waals surface area contributed by atoms with E-state index < -0.39 is 0 Å². The number of nitrogens with two attached hydrogens (primary N) is 1. The maximum atomic E-state index is 6.09. The third-order valence-corrected chi connectivity index (χ3v) is 3.14. The first-order valence-corrected chi connectivity index (χ1v) is 5.33. The van der Waals surface area contributed by atoms with Crippen LogP contribution in [0.3, 0.4) is 0 Å². The number of pyridine rings is 1. The molecule has 4 heteroatoms. The second-order valence-electron chi connectivity index (χ2n) is 3.39. The van der Waals surface area contributed by atoms with Crippen LogP contribution in [0.4, 0.5) is 0 Å². The van der Waals surface area contributed by atoms with Crippen molar-refractivity contribution in [3.8, 4) is 0 Å². The highest BCUT2D eigenvalue weighted by molar-refractivity contribution is 6.45. The molecule has 0 amide bonds. The fraction of sp³-hybridized carbons (Fsp3) is 0.182. The van der Waals surface area contributed by atoms with Crippen molar-refractivity contribution in [2.24, 2.45) is 5.73 Å². The van der Waals surface area contributed by atoms with E-state index in [2.05, 4.69) is 4.98 Å². The fourth-order valence-corrected chi connectivity index (χ4v) is 1.94. The Morgan fingerprint density at radius 3 is 2.73 bits per heavy atom. The van der Waals surface area contributed by atoms with Gasteiger partial charge in [-0.05, 0) is 24.6 Å². The Hall–Kier alpha value is -0.830. The number of hydrogen-bond acceptors (Lipinski definition) is 2. The van der Waals surface area contributed by atoms with Crippen LogP contribution in [-0.4, -0.2) is 4.98 Å². The van der Waals surface area contributed by atoms with Crippen molar-refractivity contribution in [3.63, 3.8) is 0 Å². The highest BCUT2D eigenvalue weighted by atomic mass is 35.5. The molecule has 0 saturated heterocycles. The summed E-state index contributed by atoms with van der Waals surface area (Å²) in [6, 6.07) is 5.67. The molecule has 2 rings (SSSR count). The standard InChI is InChI=1S/C11H10Cl2N2/c1-6-4-7(5-14)15-11-8(6)2-3-9(12)10(11)13/h2-4H,5,14H2,1H3. The second kappa shape index (κ2) is 3.97. The highest BCUT2D eigenvalue weighted by Crippen LogP contribution is 2.31. The smallest absolute Gasteiger partial charge is 0.0909 e. The first-order valence-electron chi connectivity index (χ1n) is 4.58. The first kappa shape index (κ1) is 10.7. The molecule has 78 valence electrons. The minimum Gasteiger partial charge on any atom is -0.325 e. The maximum absolute atomic E-state index is 6.09. The number of fused-ring (bicyclic) bond motifs is 1. The fourth-order valence-electron chi connectivity index (χ4n) is 1.58. The van der Waals surface area contributed by atoms with E-state index >= 15 is 0 Å². The van der Waals surface area contributed by atoms with Gasteiger partial charge in [0, 0.05) is 11.9 Å². The van der Waals surface area contributed by atoms with Crippen LogP contribution in [0.15, 0.2) is 18.2 Å². The molecule has 0 spiro atoms. The number of benzene rings is 1. The van der Waals surface area contributed by atoms with E-state index in [1.807, 2.05) is 19.1 Å². The van der Waals surface area contributed by atoms with Gasteiger partial charge in [0.05, 0.1) is 21.3 Å². The molecule has 0 radical (unpaired) electrons. The van der Waals surface area contributed by atoms with Crippen LogP contribution < -0.4 is 5.73 Å². The number of rotatable bonds is 1. The summed E-state index contributed by atoms with van der Waals surface area (Å²) >= 11 is 12.0.